The third-order valence-corrected chi connectivity index (χ3v) is 4.88. The predicted molar refractivity (Wildman–Crippen MR) is 89.9 cm³/mol. The molecule has 2 fully saturated rings. The van der Waals surface area contributed by atoms with E-state index in [9.17, 15) is 5.11 Å². The Hall–Kier alpha value is -1.05. The number of thioether (sulfide) groups is 1. The van der Waals surface area contributed by atoms with Crippen LogP contribution < -0.4 is 10.2 Å². The Labute approximate surface area is 135 Å². The fourth-order valence-corrected chi connectivity index (χ4v) is 3.21. The molecule has 1 aromatic rings. The van der Waals surface area contributed by atoms with Crippen LogP contribution in [-0.4, -0.2) is 65.5 Å². The standard InChI is InChI=1S/C15H24N4O2S/c1-2-22-6-4-16-14-7-13(11-3-5-21-10-11)17-15(18-14)19-8-12(20)9-19/h7,11-12,20H,2-6,8-10H2,1H3,(H,16,17,18)/t11-/m1/s1. The lowest BCUT2D eigenvalue weighted by Gasteiger charge is -2.36. The van der Waals surface area contributed by atoms with Gasteiger partial charge < -0.3 is 20.1 Å². The lowest BCUT2D eigenvalue weighted by molar-refractivity contribution is 0.140. The molecule has 7 heteroatoms. The van der Waals surface area contributed by atoms with E-state index >= 15 is 0 Å². The largest absolute Gasteiger partial charge is 0.389 e. The monoisotopic (exact) mass is 324 g/mol. The van der Waals surface area contributed by atoms with Gasteiger partial charge in [0.25, 0.3) is 0 Å². The van der Waals surface area contributed by atoms with E-state index in [1.165, 1.54) is 0 Å². The van der Waals surface area contributed by atoms with E-state index < -0.39 is 0 Å². The molecule has 1 aromatic heterocycles. The summed E-state index contributed by atoms with van der Waals surface area (Å²) in [6.45, 7) is 5.86. The maximum absolute atomic E-state index is 9.49. The fourth-order valence-electron chi connectivity index (χ4n) is 2.68. The van der Waals surface area contributed by atoms with Crippen LogP contribution in [0.3, 0.4) is 0 Å². The molecular weight excluding hydrogens is 300 g/mol. The molecule has 0 unspecified atom stereocenters. The molecular formula is C15H24N4O2S. The highest BCUT2D eigenvalue weighted by Crippen LogP contribution is 2.28. The number of ether oxygens (including phenoxy) is 1. The van der Waals surface area contributed by atoms with Gasteiger partial charge in [0.2, 0.25) is 5.95 Å². The van der Waals surface area contributed by atoms with Gasteiger partial charge in [-0.1, -0.05) is 6.92 Å². The van der Waals surface area contributed by atoms with Crippen molar-refractivity contribution in [3.8, 4) is 0 Å². The van der Waals surface area contributed by atoms with Gasteiger partial charge in [0.05, 0.1) is 18.4 Å². The molecule has 3 rings (SSSR count). The number of nitrogens with one attached hydrogen (secondary N) is 1. The second-order valence-corrected chi connectivity index (χ2v) is 7.11. The molecule has 2 aliphatic rings. The molecule has 2 saturated heterocycles. The van der Waals surface area contributed by atoms with Crippen LogP contribution >= 0.6 is 11.8 Å². The summed E-state index contributed by atoms with van der Waals surface area (Å²) in [6, 6.07) is 2.05. The Kier molecular flexibility index (Phi) is 5.38. The van der Waals surface area contributed by atoms with E-state index in [1.54, 1.807) is 0 Å². The van der Waals surface area contributed by atoms with E-state index in [-0.39, 0.29) is 6.10 Å². The zero-order chi connectivity index (χ0) is 15.4. The Morgan fingerprint density at radius 2 is 2.32 bits per heavy atom. The summed E-state index contributed by atoms with van der Waals surface area (Å²) in [6.07, 6.45) is 0.768. The van der Waals surface area contributed by atoms with Crippen LogP contribution in [-0.2, 0) is 4.74 Å². The molecule has 0 aliphatic carbocycles. The summed E-state index contributed by atoms with van der Waals surface area (Å²) >= 11 is 1.91. The van der Waals surface area contributed by atoms with E-state index in [0.717, 1.165) is 55.1 Å². The average molecular weight is 324 g/mol. The van der Waals surface area contributed by atoms with Crippen molar-refractivity contribution in [1.82, 2.24) is 9.97 Å². The summed E-state index contributed by atoms with van der Waals surface area (Å²) < 4.78 is 5.48. The van der Waals surface area contributed by atoms with E-state index in [4.69, 9.17) is 9.72 Å². The number of hydrogen-bond donors (Lipinski definition) is 2. The van der Waals surface area contributed by atoms with E-state index in [1.807, 2.05) is 16.7 Å². The topological polar surface area (TPSA) is 70.5 Å². The number of aliphatic hydroxyl groups excluding tert-OH is 1. The third-order valence-electron chi connectivity index (χ3n) is 3.98. The first-order valence-corrected chi connectivity index (χ1v) is 9.13. The van der Waals surface area contributed by atoms with Crippen LogP contribution in [0.4, 0.5) is 11.8 Å². The van der Waals surface area contributed by atoms with Gasteiger partial charge in [0.15, 0.2) is 0 Å². The quantitative estimate of drug-likeness (QED) is 0.733. The first-order chi connectivity index (χ1) is 10.8. The molecule has 6 nitrogen and oxygen atoms in total. The highest BCUT2D eigenvalue weighted by Gasteiger charge is 2.28. The van der Waals surface area contributed by atoms with Crippen molar-refractivity contribution in [3.05, 3.63) is 11.8 Å². The highest BCUT2D eigenvalue weighted by molar-refractivity contribution is 7.99. The molecule has 3 heterocycles. The Balaban J connectivity index is 1.72. The molecule has 1 atom stereocenters. The molecule has 2 aliphatic heterocycles. The summed E-state index contributed by atoms with van der Waals surface area (Å²) in [4.78, 5) is 11.3. The number of aliphatic hydroxyl groups is 1. The van der Waals surface area contributed by atoms with Crippen LogP contribution in [0.2, 0.25) is 0 Å². The van der Waals surface area contributed by atoms with Crippen molar-refractivity contribution in [2.75, 3.05) is 54.6 Å². The average Bonchev–Trinajstić information content (AvgIpc) is 3.02. The lowest BCUT2D eigenvalue weighted by Crippen LogP contribution is -2.51. The molecule has 0 radical (unpaired) electrons. The Bertz CT molecular complexity index is 490. The second-order valence-electron chi connectivity index (χ2n) is 5.72. The van der Waals surface area contributed by atoms with Gasteiger partial charge >= 0.3 is 0 Å². The number of rotatable bonds is 7. The van der Waals surface area contributed by atoms with Gasteiger partial charge in [-0.2, -0.15) is 16.7 Å². The number of anilines is 2. The normalized spacial score (nSPS) is 21.9. The minimum atomic E-state index is -0.251. The molecule has 0 spiro atoms. The van der Waals surface area contributed by atoms with Crippen molar-refractivity contribution in [1.29, 1.82) is 0 Å². The molecule has 122 valence electrons. The molecule has 2 N–H and O–H groups in total. The summed E-state index contributed by atoms with van der Waals surface area (Å²) in [5.74, 6) is 4.16. The van der Waals surface area contributed by atoms with Crippen LogP contribution in [0, 0.1) is 0 Å². The molecule has 0 saturated carbocycles. The fraction of sp³-hybridized carbons (Fsp3) is 0.733. The van der Waals surface area contributed by atoms with Gasteiger partial charge in [-0.3, -0.25) is 0 Å². The maximum Gasteiger partial charge on any atom is 0.227 e. The van der Waals surface area contributed by atoms with Crippen molar-refractivity contribution in [2.45, 2.75) is 25.4 Å². The zero-order valence-electron chi connectivity index (χ0n) is 13.0. The van der Waals surface area contributed by atoms with E-state index in [2.05, 4.69) is 23.3 Å². The molecule has 0 bridgehead atoms. The number of nitrogens with zero attached hydrogens (tertiary/aromatic N) is 3. The summed E-state index contributed by atoms with van der Waals surface area (Å²) in [7, 11) is 0. The Morgan fingerprint density at radius 1 is 1.45 bits per heavy atom. The predicted octanol–water partition coefficient (Wildman–Crippen LogP) is 1.33. The maximum atomic E-state index is 9.49. The third kappa shape index (κ3) is 3.83. The van der Waals surface area contributed by atoms with Crippen molar-refractivity contribution >= 4 is 23.5 Å². The summed E-state index contributed by atoms with van der Waals surface area (Å²) in [5.41, 5.74) is 1.05. The lowest BCUT2D eigenvalue weighted by atomic mass is 10.0. The number of aromatic nitrogens is 2. The van der Waals surface area contributed by atoms with Gasteiger partial charge in [-0.15, -0.1) is 0 Å². The smallest absolute Gasteiger partial charge is 0.227 e. The van der Waals surface area contributed by atoms with Crippen LogP contribution in [0.1, 0.15) is 25.0 Å². The SMILES string of the molecule is CCSCCNc1cc([C@@H]2CCOC2)nc(N2CC(O)C2)n1. The summed E-state index contributed by atoms with van der Waals surface area (Å²) in [5, 5.41) is 12.9. The minimum Gasteiger partial charge on any atom is -0.389 e. The Morgan fingerprint density at radius 3 is 3.00 bits per heavy atom. The van der Waals surface area contributed by atoms with Crippen molar-refractivity contribution in [3.63, 3.8) is 0 Å². The second kappa shape index (κ2) is 7.48. The number of β-amino-alcohol motifs (C(OH)–C–C–N with tert-alkyl or cyclic N) is 1. The molecule has 22 heavy (non-hydrogen) atoms. The van der Waals surface area contributed by atoms with Crippen molar-refractivity contribution in [2.24, 2.45) is 0 Å². The molecule has 0 amide bonds. The molecule has 0 aromatic carbocycles. The van der Waals surface area contributed by atoms with Crippen molar-refractivity contribution < 1.29 is 9.84 Å². The number of hydrogen-bond acceptors (Lipinski definition) is 7. The minimum absolute atomic E-state index is 0.251. The van der Waals surface area contributed by atoms with Gasteiger partial charge in [-0.05, 0) is 12.2 Å². The highest BCUT2D eigenvalue weighted by atomic mass is 32.2. The van der Waals surface area contributed by atoms with Gasteiger partial charge in [0.1, 0.15) is 5.82 Å². The van der Waals surface area contributed by atoms with Crippen LogP contribution in [0.5, 0.6) is 0 Å². The van der Waals surface area contributed by atoms with E-state index in [0.29, 0.717) is 19.0 Å². The first kappa shape index (κ1) is 15.8. The van der Waals surface area contributed by atoms with Gasteiger partial charge in [-0.25, -0.2) is 4.98 Å². The van der Waals surface area contributed by atoms with Gasteiger partial charge in [0, 0.05) is 44.0 Å². The van der Waals surface area contributed by atoms with Crippen LogP contribution in [0.25, 0.3) is 0 Å². The first-order valence-electron chi connectivity index (χ1n) is 7.97. The van der Waals surface area contributed by atoms with Crippen LogP contribution in [0.15, 0.2) is 6.07 Å². The zero-order valence-corrected chi connectivity index (χ0v) is 13.8.